The van der Waals surface area contributed by atoms with Gasteiger partial charge in [0.25, 0.3) is 0 Å². The summed E-state index contributed by atoms with van der Waals surface area (Å²) in [6, 6.07) is 97.5. The molecule has 0 bridgehead atoms. The molecular formula is C124H72N16. The minimum atomic E-state index is 0.885. The highest BCUT2D eigenvalue weighted by atomic mass is 15.1. The largest absolute Gasteiger partial charge is 0.276 e. The van der Waals surface area contributed by atoms with E-state index in [-0.39, 0.29) is 0 Å². The van der Waals surface area contributed by atoms with Gasteiger partial charge in [0.2, 0.25) is 0 Å². The van der Waals surface area contributed by atoms with Crippen molar-refractivity contribution in [2.45, 2.75) is 51.4 Å². The maximum Gasteiger partial charge on any atom is 0.164 e. The summed E-state index contributed by atoms with van der Waals surface area (Å²) in [6.45, 7) is 0. The van der Waals surface area contributed by atoms with Crippen LogP contribution in [0.1, 0.15) is 89.0 Å². The van der Waals surface area contributed by atoms with E-state index in [0.29, 0.717) is 0 Å². The molecule has 0 saturated carbocycles. The molecule has 0 atom stereocenters. The number of rotatable bonds is 0. The van der Waals surface area contributed by atoms with Crippen LogP contribution < -0.4 is 0 Å². The third-order valence-electron chi connectivity index (χ3n) is 31.8. The Kier molecular flexibility index (Phi) is 14.9. The fourth-order valence-corrected chi connectivity index (χ4v) is 25.9. The predicted molar refractivity (Wildman–Crippen MR) is 559 cm³/mol. The van der Waals surface area contributed by atoms with E-state index in [4.69, 9.17) is 19.9 Å². The lowest BCUT2D eigenvalue weighted by molar-refractivity contribution is 1.16. The van der Waals surface area contributed by atoms with Gasteiger partial charge in [-0.05, 0) is 384 Å². The molecule has 8 aliphatic carbocycles. The van der Waals surface area contributed by atoms with Crippen LogP contribution in [-0.4, -0.2) is 77.4 Å². The van der Waals surface area contributed by atoms with Gasteiger partial charge in [-0.2, -0.15) is 0 Å². The molecule has 0 spiro atoms. The summed E-state index contributed by atoms with van der Waals surface area (Å²) >= 11 is 0. The fourth-order valence-electron chi connectivity index (χ4n) is 25.9. The van der Waals surface area contributed by atoms with Gasteiger partial charge in [-0.25, -0.2) is 39.9 Å². The molecular weight excluding hydrogens is 1710 g/mol. The van der Waals surface area contributed by atoms with Gasteiger partial charge >= 0.3 is 0 Å². The van der Waals surface area contributed by atoms with E-state index in [2.05, 4.69) is 276 Å². The fraction of sp³-hybridized carbons (Fsp3) is 0.0645. The van der Waals surface area contributed by atoms with Crippen LogP contribution in [0.25, 0.3) is 243 Å². The SMILES string of the molecule is c1ccc2c(c1)Cc1c-2ccc2c1-c1cc3c(cc1C2)c1cnccc1n1c2ncccc2nc31.c1ccc2c(c1)Cc1c-2ccc2c1Cc1cc3c4cnccc4n4c5ncccc5nc4c3cc1-2.c1ccc2c(c1)Cc1cc3c(cc1-2)Cc1cc2c4cnccc4n4c5ncccc5nc4c2cc1-3.c1ccc2c(c1)Cc1ccc3c(c1-2)Cc1cc2c4cnccc4n4c5ncccc5nc4c2cc1-3. The first kappa shape index (κ1) is 75.1. The van der Waals surface area contributed by atoms with Crippen LogP contribution in [0.15, 0.2) is 341 Å². The number of imidazole rings is 4. The maximum atomic E-state index is 5.06. The first-order chi connectivity index (χ1) is 69.4. The Morgan fingerprint density at radius 2 is 0.436 bits per heavy atom. The molecule has 0 unspecified atom stereocenters. The van der Waals surface area contributed by atoms with Gasteiger partial charge < -0.3 is 0 Å². The van der Waals surface area contributed by atoms with Crippen molar-refractivity contribution < 1.29 is 0 Å². The van der Waals surface area contributed by atoms with Gasteiger partial charge in [0.1, 0.15) is 44.7 Å². The molecule has 140 heavy (non-hydrogen) atoms. The van der Waals surface area contributed by atoms with Crippen LogP contribution in [0.5, 0.6) is 0 Å². The minimum Gasteiger partial charge on any atom is -0.276 e. The van der Waals surface area contributed by atoms with Crippen LogP contribution >= 0.6 is 0 Å². The zero-order valence-electron chi connectivity index (χ0n) is 75.1. The molecule has 648 valence electrons. The lowest BCUT2D eigenvalue weighted by Gasteiger charge is -2.12. The van der Waals surface area contributed by atoms with E-state index in [1.807, 2.05) is 123 Å². The van der Waals surface area contributed by atoms with Crippen molar-refractivity contribution in [2.75, 3.05) is 0 Å². The van der Waals surface area contributed by atoms with Crippen molar-refractivity contribution in [3.63, 3.8) is 0 Å². The highest BCUT2D eigenvalue weighted by Crippen LogP contribution is 2.55. The maximum absolute atomic E-state index is 5.06. The molecule has 16 nitrogen and oxygen atoms in total. The van der Waals surface area contributed by atoms with Crippen molar-refractivity contribution in [3.05, 3.63) is 430 Å². The zero-order chi connectivity index (χ0) is 90.7. The second kappa shape index (κ2) is 27.7. The van der Waals surface area contributed by atoms with E-state index in [1.54, 1.807) is 0 Å². The molecule has 0 radical (unpaired) electrons. The molecule has 16 heterocycles. The second-order valence-corrected chi connectivity index (χ2v) is 38.8. The normalized spacial score (nSPS) is 13.5. The topological polar surface area (TPSA) is 172 Å². The average molecular weight is 1790 g/mol. The summed E-state index contributed by atoms with van der Waals surface area (Å²) in [5, 5.41) is 14.0. The number of aromatic nitrogens is 16. The molecule has 0 N–H and O–H groups in total. The van der Waals surface area contributed by atoms with Gasteiger partial charge in [0.05, 0.1) is 22.1 Å². The second-order valence-electron chi connectivity index (χ2n) is 38.8. The van der Waals surface area contributed by atoms with Crippen LogP contribution in [0, 0.1) is 0 Å². The summed E-state index contributed by atoms with van der Waals surface area (Å²) in [5.41, 5.74) is 60.4. The lowest BCUT2D eigenvalue weighted by atomic mass is 9.94. The first-order valence-electron chi connectivity index (χ1n) is 48.2. The van der Waals surface area contributed by atoms with Gasteiger partial charge in [-0.1, -0.05) is 133 Å². The number of hydrogen-bond acceptors (Lipinski definition) is 12. The number of benzene rings is 12. The van der Waals surface area contributed by atoms with Crippen molar-refractivity contribution in [1.82, 2.24) is 77.4 Å². The van der Waals surface area contributed by atoms with Crippen molar-refractivity contribution >= 4 is 154 Å². The Morgan fingerprint density at radius 3 is 0.871 bits per heavy atom. The van der Waals surface area contributed by atoms with E-state index in [0.717, 1.165) is 184 Å². The predicted octanol–water partition coefficient (Wildman–Crippen LogP) is 26.9. The summed E-state index contributed by atoms with van der Waals surface area (Å²) < 4.78 is 8.77. The van der Waals surface area contributed by atoms with Crippen LogP contribution in [0.3, 0.4) is 0 Å². The first-order valence-corrected chi connectivity index (χ1v) is 48.2. The summed E-state index contributed by atoms with van der Waals surface area (Å²) in [7, 11) is 0. The molecule has 28 aromatic rings. The van der Waals surface area contributed by atoms with Gasteiger partial charge in [-0.15, -0.1) is 0 Å². The molecule has 16 aromatic heterocycles. The molecule has 36 rings (SSSR count). The molecule has 0 aliphatic heterocycles. The van der Waals surface area contributed by atoms with E-state index >= 15 is 0 Å². The average Bonchev–Trinajstić information content (AvgIpc) is 1.55. The highest BCUT2D eigenvalue weighted by Gasteiger charge is 2.36. The smallest absolute Gasteiger partial charge is 0.164 e. The summed E-state index contributed by atoms with van der Waals surface area (Å²) in [4.78, 5) is 56.8. The standard InChI is InChI=1S/4C31H18N4/c1-2-5-20-17(4-1)13-24-21(20)8-7-18-12-19-14-23-25(15-22(19)29(18)24)30-34-27-6-3-10-33-31(27)35(30)28-9-11-32-16-26(23)28;1-2-5-19-17(4-1)12-23-20(19)7-8-21-22-15-26-25(14-18(22)13-24(21)23)27-16-32-11-9-29(27)35-30(26)34-28-6-3-10-33-31(28)35;1-2-5-20-17(4-1)12-18-7-8-21-22-15-25-23(13-19(22)14-24(21)29(18)20)26-16-32-11-9-28(26)35-30(25)34-27-6-3-10-33-31(27)35;1-2-5-21-17(4-1)10-18-13-23-19(12-22(18)21)11-20-14-25-26(15-24(20)23)30-34-28-6-3-8-33-31(28)35(30)29-7-9-32-16-27(25)29/h2*1-11,14-16H,12-13H2;1-11,13,15-16H,12,14H2;1-9,12-16H,10-11H2. The van der Waals surface area contributed by atoms with Crippen molar-refractivity contribution in [1.29, 1.82) is 0 Å². The third-order valence-corrected chi connectivity index (χ3v) is 31.8. The quantitative estimate of drug-likeness (QED) is 0.132. The Bertz CT molecular complexity index is 10600. The van der Waals surface area contributed by atoms with E-state index in [1.165, 1.54) is 200 Å². The van der Waals surface area contributed by atoms with Crippen molar-refractivity contribution in [3.8, 4) is 89.0 Å². The number of pyridine rings is 12. The molecule has 0 fully saturated rings. The minimum absolute atomic E-state index is 0.885. The molecule has 8 aliphatic rings. The summed E-state index contributed by atoms with van der Waals surface area (Å²) in [5.74, 6) is 0. The van der Waals surface area contributed by atoms with Crippen molar-refractivity contribution in [2.24, 2.45) is 0 Å². The van der Waals surface area contributed by atoms with E-state index < -0.39 is 0 Å². The van der Waals surface area contributed by atoms with Gasteiger partial charge in [0.15, 0.2) is 22.6 Å². The monoisotopic (exact) mass is 1780 g/mol. The molecule has 12 aromatic carbocycles. The highest BCUT2D eigenvalue weighted by molar-refractivity contribution is 6.20. The number of nitrogens with zero attached hydrogens (tertiary/aromatic N) is 16. The van der Waals surface area contributed by atoms with Gasteiger partial charge in [0, 0.05) is 117 Å². The van der Waals surface area contributed by atoms with Crippen LogP contribution in [-0.2, 0) is 51.4 Å². The number of fused-ring (bicyclic) bond motifs is 59. The van der Waals surface area contributed by atoms with Crippen LogP contribution in [0.4, 0.5) is 0 Å². The van der Waals surface area contributed by atoms with E-state index in [9.17, 15) is 0 Å². The lowest BCUT2D eigenvalue weighted by Crippen LogP contribution is -1.94. The molecule has 0 saturated heterocycles. The van der Waals surface area contributed by atoms with Gasteiger partial charge in [-0.3, -0.25) is 37.5 Å². The molecule has 0 amide bonds. The zero-order valence-corrected chi connectivity index (χ0v) is 75.1. The summed E-state index contributed by atoms with van der Waals surface area (Å²) in [6.07, 6.45) is 30.6. The third kappa shape index (κ3) is 10.3. The number of hydrogen-bond donors (Lipinski definition) is 0. The Morgan fingerprint density at radius 1 is 0.164 bits per heavy atom. The Balaban J connectivity index is 0.0000000829. The van der Waals surface area contributed by atoms with Crippen LogP contribution in [0.2, 0.25) is 0 Å². The Hall–Kier alpha value is -18.3. The Labute approximate surface area is 796 Å². The molecule has 16 heteroatoms.